The molecule has 0 aliphatic rings. The van der Waals surface area contributed by atoms with E-state index in [1.807, 2.05) is 37.3 Å². The minimum atomic E-state index is -0.934. The fraction of sp³-hybridized carbons (Fsp3) is 0.143. The topological polar surface area (TPSA) is 111 Å². The molecule has 0 bridgehead atoms. The predicted molar refractivity (Wildman–Crippen MR) is 109 cm³/mol. The summed E-state index contributed by atoms with van der Waals surface area (Å²) in [7, 11) is 0. The summed E-state index contributed by atoms with van der Waals surface area (Å²) in [5, 5.41) is 27.0. The van der Waals surface area contributed by atoms with E-state index in [1.165, 1.54) is 4.68 Å². The van der Waals surface area contributed by atoms with Gasteiger partial charge < -0.3 is 5.11 Å². The van der Waals surface area contributed by atoms with E-state index < -0.39 is 5.97 Å². The zero-order valence-electron chi connectivity index (χ0n) is 16.1. The molecular formula is C21H17N7O2. The van der Waals surface area contributed by atoms with Crippen LogP contribution in [0.3, 0.4) is 0 Å². The average molecular weight is 399 g/mol. The van der Waals surface area contributed by atoms with Crippen molar-refractivity contribution in [2.24, 2.45) is 0 Å². The van der Waals surface area contributed by atoms with Crippen LogP contribution in [0.4, 0.5) is 0 Å². The molecule has 0 saturated heterocycles. The Morgan fingerprint density at radius 2 is 1.97 bits per heavy atom. The number of fused-ring (bicyclic) bond motifs is 2. The van der Waals surface area contributed by atoms with E-state index in [0.717, 1.165) is 44.8 Å². The maximum atomic E-state index is 10.9. The SMILES string of the molecule is Cc1ccc2nnc(Cc3ccc4ncc(-c5cnn(CC(=O)O)c5)cc4c3)n2n1. The standard InChI is InChI=1S/C21H17N7O2/c1-13-2-5-19-24-25-20(28(19)26-13)7-14-3-4-18-15(6-14)8-16(9-22-18)17-10-23-27(11-17)12-21(29)30/h2-6,8-11H,7,12H2,1H3,(H,29,30). The molecule has 0 aliphatic heterocycles. The molecule has 4 aromatic heterocycles. The second kappa shape index (κ2) is 7.03. The van der Waals surface area contributed by atoms with Gasteiger partial charge in [-0.2, -0.15) is 14.7 Å². The largest absolute Gasteiger partial charge is 0.480 e. The van der Waals surface area contributed by atoms with E-state index in [2.05, 4.69) is 31.4 Å². The van der Waals surface area contributed by atoms with Gasteiger partial charge in [0.25, 0.3) is 0 Å². The molecule has 0 saturated carbocycles. The molecule has 5 aromatic rings. The fourth-order valence-corrected chi connectivity index (χ4v) is 3.40. The van der Waals surface area contributed by atoms with Gasteiger partial charge in [-0.05, 0) is 42.8 Å². The molecule has 4 heterocycles. The highest BCUT2D eigenvalue weighted by molar-refractivity contribution is 5.84. The summed E-state index contributed by atoms with van der Waals surface area (Å²) in [6, 6.07) is 11.9. The van der Waals surface area contributed by atoms with E-state index in [0.29, 0.717) is 6.42 Å². The Bertz CT molecular complexity index is 1400. The minimum absolute atomic E-state index is 0.176. The number of aromatic nitrogens is 7. The zero-order chi connectivity index (χ0) is 20.7. The van der Waals surface area contributed by atoms with Crippen molar-refractivity contribution in [2.75, 3.05) is 0 Å². The molecule has 0 radical (unpaired) electrons. The van der Waals surface area contributed by atoms with E-state index in [1.54, 1.807) is 23.1 Å². The predicted octanol–water partition coefficient (Wildman–Crippen LogP) is 2.52. The maximum Gasteiger partial charge on any atom is 0.325 e. The Morgan fingerprint density at radius 3 is 2.83 bits per heavy atom. The van der Waals surface area contributed by atoms with Crippen LogP contribution < -0.4 is 0 Å². The molecular weight excluding hydrogens is 382 g/mol. The number of hydrogen-bond donors (Lipinski definition) is 1. The summed E-state index contributed by atoms with van der Waals surface area (Å²) >= 11 is 0. The van der Waals surface area contributed by atoms with Crippen molar-refractivity contribution in [1.82, 2.24) is 34.6 Å². The quantitative estimate of drug-likeness (QED) is 0.483. The molecule has 148 valence electrons. The van der Waals surface area contributed by atoms with Crippen LogP contribution in [-0.4, -0.2) is 45.7 Å². The van der Waals surface area contributed by atoms with E-state index in [4.69, 9.17) is 5.11 Å². The lowest BCUT2D eigenvalue weighted by atomic mass is 10.0. The number of pyridine rings is 1. The van der Waals surface area contributed by atoms with Gasteiger partial charge in [-0.25, -0.2) is 0 Å². The number of aryl methyl sites for hydroxylation is 1. The van der Waals surface area contributed by atoms with Crippen LogP contribution in [0.15, 0.2) is 55.0 Å². The van der Waals surface area contributed by atoms with Crippen LogP contribution in [-0.2, 0) is 17.8 Å². The Labute approximate surface area is 170 Å². The molecule has 0 amide bonds. The summed E-state index contributed by atoms with van der Waals surface area (Å²) in [4.78, 5) is 15.4. The lowest BCUT2D eigenvalue weighted by molar-refractivity contribution is -0.137. The zero-order valence-corrected chi connectivity index (χ0v) is 16.1. The number of benzene rings is 1. The Morgan fingerprint density at radius 1 is 1.07 bits per heavy atom. The van der Waals surface area contributed by atoms with Crippen molar-refractivity contribution >= 4 is 22.5 Å². The molecule has 0 atom stereocenters. The summed E-state index contributed by atoms with van der Waals surface area (Å²) in [6.07, 6.45) is 5.71. The number of carbonyl (C=O) groups is 1. The number of rotatable bonds is 5. The van der Waals surface area contributed by atoms with Crippen molar-refractivity contribution in [3.8, 4) is 11.1 Å². The first-order valence-corrected chi connectivity index (χ1v) is 9.36. The van der Waals surface area contributed by atoms with E-state index in [9.17, 15) is 4.79 Å². The third-order valence-electron chi connectivity index (χ3n) is 4.83. The van der Waals surface area contributed by atoms with Crippen molar-refractivity contribution in [3.05, 3.63) is 72.1 Å². The van der Waals surface area contributed by atoms with Gasteiger partial charge in [-0.1, -0.05) is 6.07 Å². The van der Waals surface area contributed by atoms with Crippen molar-refractivity contribution < 1.29 is 9.90 Å². The molecule has 30 heavy (non-hydrogen) atoms. The van der Waals surface area contributed by atoms with Gasteiger partial charge in [0.1, 0.15) is 6.54 Å². The van der Waals surface area contributed by atoms with Gasteiger partial charge in [0.2, 0.25) is 0 Å². The van der Waals surface area contributed by atoms with Gasteiger partial charge in [0.05, 0.1) is 17.4 Å². The highest BCUT2D eigenvalue weighted by atomic mass is 16.4. The van der Waals surface area contributed by atoms with E-state index in [-0.39, 0.29) is 6.54 Å². The molecule has 0 aliphatic carbocycles. The lowest BCUT2D eigenvalue weighted by Gasteiger charge is -2.05. The van der Waals surface area contributed by atoms with E-state index >= 15 is 0 Å². The third-order valence-corrected chi connectivity index (χ3v) is 4.83. The van der Waals surface area contributed by atoms with Crippen LogP contribution in [0, 0.1) is 6.92 Å². The smallest absolute Gasteiger partial charge is 0.325 e. The molecule has 0 spiro atoms. The molecule has 9 nitrogen and oxygen atoms in total. The fourth-order valence-electron chi connectivity index (χ4n) is 3.40. The number of aliphatic carboxylic acids is 1. The monoisotopic (exact) mass is 399 g/mol. The third kappa shape index (κ3) is 3.37. The van der Waals surface area contributed by atoms with Crippen LogP contribution in [0.2, 0.25) is 0 Å². The first kappa shape index (κ1) is 17.9. The first-order valence-electron chi connectivity index (χ1n) is 9.36. The Kier molecular flexibility index (Phi) is 4.20. The number of carboxylic acids is 1. The Balaban J connectivity index is 1.48. The highest BCUT2D eigenvalue weighted by Gasteiger charge is 2.10. The highest BCUT2D eigenvalue weighted by Crippen LogP contribution is 2.24. The van der Waals surface area contributed by atoms with Crippen LogP contribution in [0.5, 0.6) is 0 Å². The van der Waals surface area contributed by atoms with Crippen molar-refractivity contribution in [1.29, 1.82) is 0 Å². The molecule has 5 rings (SSSR count). The molecule has 0 fully saturated rings. The average Bonchev–Trinajstić information content (AvgIpc) is 3.34. The molecule has 1 N–H and O–H groups in total. The second-order valence-corrected chi connectivity index (χ2v) is 7.11. The van der Waals surface area contributed by atoms with Crippen molar-refractivity contribution in [2.45, 2.75) is 19.9 Å². The normalized spacial score (nSPS) is 11.4. The van der Waals surface area contributed by atoms with Crippen LogP contribution >= 0.6 is 0 Å². The van der Waals surface area contributed by atoms with Gasteiger partial charge >= 0.3 is 5.97 Å². The summed E-state index contributed by atoms with van der Waals surface area (Å²) < 4.78 is 3.16. The van der Waals surface area contributed by atoms with Crippen molar-refractivity contribution in [3.63, 3.8) is 0 Å². The molecule has 1 aromatic carbocycles. The van der Waals surface area contributed by atoms with Gasteiger partial charge in [-0.15, -0.1) is 10.2 Å². The maximum absolute atomic E-state index is 10.9. The second-order valence-electron chi connectivity index (χ2n) is 7.11. The summed E-state index contributed by atoms with van der Waals surface area (Å²) in [5.41, 5.74) is 5.26. The van der Waals surface area contributed by atoms with Crippen LogP contribution in [0.25, 0.3) is 27.7 Å². The molecule has 9 heteroatoms. The molecule has 0 unspecified atom stereocenters. The summed E-state index contributed by atoms with van der Waals surface area (Å²) in [5.74, 6) is -0.163. The Hall–Kier alpha value is -4.14. The lowest BCUT2D eigenvalue weighted by Crippen LogP contribution is -2.08. The van der Waals surface area contributed by atoms with Crippen LogP contribution in [0.1, 0.15) is 17.1 Å². The van der Waals surface area contributed by atoms with Gasteiger partial charge in [0, 0.05) is 35.3 Å². The first-order chi connectivity index (χ1) is 14.5. The number of hydrogen-bond acceptors (Lipinski definition) is 6. The number of carboxylic acid groups (broad SMARTS) is 1. The summed E-state index contributed by atoms with van der Waals surface area (Å²) in [6.45, 7) is 1.76. The van der Waals surface area contributed by atoms with Gasteiger partial charge in [0.15, 0.2) is 11.5 Å². The number of nitrogens with zero attached hydrogens (tertiary/aromatic N) is 7. The minimum Gasteiger partial charge on any atom is -0.480 e. The van der Waals surface area contributed by atoms with Gasteiger partial charge in [-0.3, -0.25) is 14.5 Å².